The monoisotopic (exact) mass is 253 g/mol. The lowest BCUT2D eigenvalue weighted by Crippen LogP contribution is -2.16. The largest absolute Gasteiger partial charge is 0.392 e. The van der Waals surface area contributed by atoms with E-state index < -0.39 is 0 Å². The highest BCUT2D eigenvalue weighted by Gasteiger charge is 2.09. The van der Waals surface area contributed by atoms with E-state index in [9.17, 15) is 4.79 Å². The van der Waals surface area contributed by atoms with Crippen LogP contribution in [0, 0.1) is 6.92 Å². The quantitative estimate of drug-likeness (QED) is 0.848. The van der Waals surface area contributed by atoms with E-state index in [-0.39, 0.29) is 12.5 Å². The first-order valence-electron chi connectivity index (χ1n) is 5.60. The average Bonchev–Trinajstić information content (AvgIpc) is 2.31. The fourth-order valence-corrected chi connectivity index (χ4v) is 1.77. The van der Waals surface area contributed by atoms with Crippen molar-refractivity contribution in [2.24, 2.45) is 0 Å². The Morgan fingerprint density at radius 1 is 1.53 bits per heavy atom. The predicted molar refractivity (Wildman–Crippen MR) is 73.3 cm³/mol. The van der Waals surface area contributed by atoms with Gasteiger partial charge in [-0.3, -0.25) is 4.79 Å². The van der Waals surface area contributed by atoms with Crippen molar-refractivity contribution in [3.63, 3.8) is 0 Å². The summed E-state index contributed by atoms with van der Waals surface area (Å²) < 4.78 is 0. The summed E-state index contributed by atoms with van der Waals surface area (Å²) >= 11 is 1.67. The number of aliphatic hydroxyl groups excluding tert-OH is 1. The van der Waals surface area contributed by atoms with Gasteiger partial charge in [-0.15, -0.1) is 0 Å². The third kappa shape index (κ3) is 4.40. The van der Waals surface area contributed by atoms with Gasteiger partial charge >= 0.3 is 0 Å². The highest BCUT2D eigenvalue weighted by Crippen LogP contribution is 2.18. The SMILES string of the molecule is CSC(C)CC(=O)Nc1cc(CO)ccc1C. The van der Waals surface area contributed by atoms with Crippen LogP contribution < -0.4 is 5.32 Å². The van der Waals surface area contributed by atoms with Crippen LogP contribution in [0.3, 0.4) is 0 Å². The normalized spacial score (nSPS) is 12.2. The van der Waals surface area contributed by atoms with Crippen LogP contribution in [0.5, 0.6) is 0 Å². The summed E-state index contributed by atoms with van der Waals surface area (Å²) in [6.45, 7) is 3.96. The van der Waals surface area contributed by atoms with Crippen LogP contribution in [0.15, 0.2) is 18.2 Å². The average molecular weight is 253 g/mol. The topological polar surface area (TPSA) is 49.3 Å². The first-order chi connectivity index (χ1) is 8.06. The minimum Gasteiger partial charge on any atom is -0.392 e. The molecule has 1 amide bonds. The lowest BCUT2D eigenvalue weighted by atomic mass is 10.1. The van der Waals surface area contributed by atoms with Gasteiger partial charge in [0, 0.05) is 17.4 Å². The molecule has 4 heteroatoms. The van der Waals surface area contributed by atoms with Crippen molar-refractivity contribution in [2.75, 3.05) is 11.6 Å². The van der Waals surface area contributed by atoms with E-state index >= 15 is 0 Å². The van der Waals surface area contributed by atoms with Crippen molar-refractivity contribution < 1.29 is 9.90 Å². The summed E-state index contributed by atoms with van der Waals surface area (Å²) in [6.07, 6.45) is 2.50. The molecule has 0 aliphatic rings. The second-order valence-corrected chi connectivity index (χ2v) is 5.38. The zero-order valence-electron chi connectivity index (χ0n) is 10.5. The summed E-state index contributed by atoms with van der Waals surface area (Å²) in [6, 6.07) is 5.58. The number of thioether (sulfide) groups is 1. The number of benzene rings is 1. The molecule has 0 radical (unpaired) electrons. The van der Waals surface area contributed by atoms with E-state index in [1.807, 2.05) is 38.3 Å². The van der Waals surface area contributed by atoms with Gasteiger partial charge in [0.25, 0.3) is 0 Å². The molecule has 0 fully saturated rings. The molecule has 1 unspecified atom stereocenters. The molecule has 0 saturated heterocycles. The van der Waals surface area contributed by atoms with Gasteiger partial charge in [0.15, 0.2) is 0 Å². The third-order valence-electron chi connectivity index (χ3n) is 2.63. The van der Waals surface area contributed by atoms with Gasteiger partial charge in [0.05, 0.1) is 6.61 Å². The standard InChI is InChI=1S/C13H19NO2S/c1-9-4-5-11(8-15)7-12(9)14-13(16)6-10(2)17-3/h4-5,7,10,15H,6,8H2,1-3H3,(H,14,16). The zero-order valence-corrected chi connectivity index (χ0v) is 11.3. The minimum atomic E-state index is -0.00956. The number of amides is 1. The highest BCUT2D eigenvalue weighted by atomic mass is 32.2. The van der Waals surface area contributed by atoms with E-state index in [1.54, 1.807) is 11.8 Å². The maximum atomic E-state index is 11.7. The number of aliphatic hydroxyl groups is 1. The smallest absolute Gasteiger partial charge is 0.225 e. The maximum Gasteiger partial charge on any atom is 0.225 e. The molecule has 0 aromatic heterocycles. The van der Waals surface area contributed by atoms with Gasteiger partial charge in [-0.2, -0.15) is 11.8 Å². The zero-order chi connectivity index (χ0) is 12.8. The molecule has 3 nitrogen and oxygen atoms in total. The maximum absolute atomic E-state index is 11.7. The molecule has 2 N–H and O–H groups in total. The second-order valence-electron chi connectivity index (χ2n) is 4.11. The van der Waals surface area contributed by atoms with Gasteiger partial charge in [0.1, 0.15) is 0 Å². The third-order valence-corrected chi connectivity index (χ3v) is 3.61. The van der Waals surface area contributed by atoms with Crippen molar-refractivity contribution in [3.8, 4) is 0 Å². The molecule has 0 saturated carbocycles. The summed E-state index contributed by atoms with van der Waals surface area (Å²) in [5, 5.41) is 12.3. The Hall–Kier alpha value is -1.00. The number of hydrogen-bond donors (Lipinski definition) is 2. The number of anilines is 1. The van der Waals surface area contributed by atoms with Crippen LogP contribution in [0.1, 0.15) is 24.5 Å². The van der Waals surface area contributed by atoms with E-state index in [1.165, 1.54) is 0 Å². The van der Waals surface area contributed by atoms with Crippen molar-refractivity contribution in [2.45, 2.75) is 32.1 Å². The van der Waals surface area contributed by atoms with E-state index in [0.717, 1.165) is 16.8 Å². The number of carbonyl (C=O) groups is 1. The molecule has 0 bridgehead atoms. The van der Waals surface area contributed by atoms with E-state index in [0.29, 0.717) is 11.7 Å². The Morgan fingerprint density at radius 3 is 2.82 bits per heavy atom. The molecular formula is C13H19NO2S. The fraction of sp³-hybridized carbons (Fsp3) is 0.462. The Kier molecular flexibility index (Phi) is 5.51. The van der Waals surface area contributed by atoms with Crippen LogP contribution in [0.4, 0.5) is 5.69 Å². The molecule has 0 spiro atoms. The van der Waals surface area contributed by atoms with E-state index in [2.05, 4.69) is 5.32 Å². The van der Waals surface area contributed by atoms with Crippen molar-refractivity contribution in [1.82, 2.24) is 0 Å². The molecule has 1 atom stereocenters. The van der Waals surface area contributed by atoms with Gasteiger partial charge in [0.2, 0.25) is 5.91 Å². The molecule has 1 aromatic rings. The van der Waals surface area contributed by atoms with Gasteiger partial charge in [-0.25, -0.2) is 0 Å². The molecule has 0 aliphatic heterocycles. The first-order valence-corrected chi connectivity index (χ1v) is 6.88. The van der Waals surface area contributed by atoms with Crippen molar-refractivity contribution >= 4 is 23.4 Å². The summed E-state index contributed by atoms with van der Waals surface area (Å²) in [5.74, 6) is 0.0186. The van der Waals surface area contributed by atoms with Crippen LogP contribution in [0.2, 0.25) is 0 Å². The minimum absolute atomic E-state index is 0.00956. The summed E-state index contributed by atoms with van der Waals surface area (Å²) in [7, 11) is 0. The molecular weight excluding hydrogens is 234 g/mol. The molecule has 1 rings (SSSR count). The molecule has 0 heterocycles. The first kappa shape index (κ1) is 14.1. The molecule has 17 heavy (non-hydrogen) atoms. The van der Waals surface area contributed by atoms with Crippen molar-refractivity contribution in [1.29, 1.82) is 0 Å². The van der Waals surface area contributed by atoms with Gasteiger partial charge in [-0.05, 0) is 30.4 Å². The Morgan fingerprint density at radius 2 is 2.24 bits per heavy atom. The summed E-state index contributed by atoms with van der Waals surface area (Å²) in [5.41, 5.74) is 2.60. The van der Waals surface area contributed by atoms with Crippen LogP contribution in [-0.4, -0.2) is 22.5 Å². The lowest BCUT2D eigenvalue weighted by molar-refractivity contribution is -0.116. The number of carbonyl (C=O) groups excluding carboxylic acids is 1. The Bertz CT molecular complexity index is 393. The number of aryl methyl sites for hydroxylation is 1. The lowest BCUT2D eigenvalue weighted by Gasteiger charge is -2.12. The van der Waals surface area contributed by atoms with Crippen molar-refractivity contribution in [3.05, 3.63) is 29.3 Å². The van der Waals surface area contributed by atoms with E-state index in [4.69, 9.17) is 5.11 Å². The molecule has 94 valence electrons. The second kappa shape index (κ2) is 6.67. The van der Waals surface area contributed by atoms with Crippen LogP contribution in [0.25, 0.3) is 0 Å². The van der Waals surface area contributed by atoms with Gasteiger partial charge in [-0.1, -0.05) is 19.1 Å². The molecule has 1 aromatic carbocycles. The Balaban J connectivity index is 2.70. The summed E-state index contributed by atoms with van der Waals surface area (Å²) in [4.78, 5) is 11.7. The number of rotatable bonds is 5. The van der Waals surface area contributed by atoms with Crippen LogP contribution >= 0.6 is 11.8 Å². The highest BCUT2D eigenvalue weighted by molar-refractivity contribution is 7.99. The van der Waals surface area contributed by atoms with Crippen LogP contribution in [-0.2, 0) is 11.4 Å². The number of nitrogens with one attached hydrogen (secondary N) is 1. The predicted octanol–water partition coefficient (Wildman–Crippen LogP) is 2.57. The fourth-order valence-electron chi connectivity index (χ4n) is 1.45. The molecule has 0 aliphatic carbocycles. The number of hydrogen-bond acceptors (Lipinski definition) is 3. The Labute approximate surface area is 107 Å². The van der Waals surface area contributed by atoms with Gasteiger partial charge < -0.3 is 10.4 Å².